The molecule has 1 aliphatic heterocycles. The van der Waals surface area contributed by atoms with Crippen LogP contribution in [0.15, 0.2) is 0 Å². The van der Waals surface area contributed by atoms with Gasteiger partial charge in [-0.3, -0.25) is 23.4 Å². The van der Waals surface area contributed by atoms with E-state index < -0.39 is 67.3 Å². The quantitative estimate of drug-likeness (QED) is 0.200. The van der Waals surface area contributed by atoms with Crippen LogP contribution >= 0.6 is 12.0 Å². The first-order valence-electron chi connectivity index (χ1n) is 9.78. The van der Waals surface area contributed by atoms with Crippen molar-refractivity contribution in [1.82, 2.24) is 0 Å². The minimum Gasteiger partial charge on any atom is -0.462 e. The van der Waals surface area contributed by atoms with Gasteiger partial charge in [0.1, 0.15) is 18.8 Å². The summed E-state index contributed by atoms with van der Waals surface area (Å²) in [6, 6.07) is 0. The van der Waals surface area contributed by atoms with Crippen molar-refractivity contribution in [3.63, 3.8) is 0 Å². The lowest BCUT2D eigenvalue weighted by atomic mass is 9.92. The Labute approximate surface area is 185 Å². The minimum absolute atomic E-state index is 0.158. The zero-order valence-electron chi connectivity index (χ0n) is 18.3. The summed E-state index contributed by atoms with van der Waals surface area (Å²) in [6.45, 7) is 5.50. The fourth-order valence-corrected chi connectivity index (χ4v) is 3.59. The number of carbonyl (C=O) groups excluding carboxylic acids is 4. The maximum absolute atomic E-state index is 11.7. The summed E-state index contributed by atoms with van der Waals surface area (Å²) < 4.78 is 32.6. The average Bonchev–Trinajstić information content (AvgIpc) is 2.66. The first-order chi connectivity index (χ1) is 14.5. The SMILES string of the molecule is CCCSO[C@@]1(CO)C[C@@H](OC(C)=O)[C@@H](OC(C)=O)[C@@H]([C@@H](COC(C)=O)OC(C)=O)O1. The van der Waals surface area contributed by atoms with Crippen LogP contribution in [-0.4, -0.2) is 78.2 Å². The standard InChI is InChI=1S/C19H30O11S/c1-6-7-31-30-19(10-20)8-15(26-12(3)22)17(28-14(5)24)18(29-19)16(27-13(4)23)9-25-11(2)21/h15-18,20H,6-10H2,1-5H3/t15-,16-,17-,18-,19-/m1/s1. The maximum atomic E-state index is 11.7. The van der Waals surface area contributed by atoms with Gasteiger partial charge in [0.2, 0.25) is 5.79 Å². The van der Waals surface area contributed by atoms with Crippen LogP contribution in [0.2, 0.25) is 0 Å². The van der Waals surface area contributed by atoms with Crippen molar-refractivity contribution in [2.24, 2.45) is 0 Å². The largest absolute Gasteiger partial charge is 0.462 e. The van der Waals surface area contributed by atoms with Crippen molar-refractivity contribution in [1.29, 1.82) is 0 Å². The molecular weight excluding hydrogens is 436 g/mol. The van der Waals surface area contributed by atoms with Gasteiger partial charge in [0, 0.05) is 39.9 Å². The Morgan fingerprint density at radius 3 is 2.19 bits per heavy atom. The zero-order chi connectivity index (χ0) is 23.6. The fourth-order valence-electron chi connectivity index (χ4n) is 2.96. The molecule has 1 fully saturated rings. The van der Waals surface area contributed by atoms with Gasteiger partial charge in [-0.15, -0.1) is 0 Å². The topological polar surface area (TPSA) is 144 Å². The molecule has 0 unspecified atom stereocenters. The fraction of sp³-hybridized carbons (Fsp3) is 0.789. The molecule has 12 heteroatoms. The molecule has 0 radical (unpaired) electrons. The predicted molar refractivity (Wildman–Crippen MR) is 106 cm³/mol. The first kappa shape index (κ1) is 27.1. The highest BCUT2D eigenvalue weighted by Crippen LogP contribution is 2.38. The molecule has 1 rings (SSSR count). The van der Waals surface area contributed by atoms with Gasteiger partial charge >= 0.3 is 23.9 Å². The molecule has 0 spiro atoms. The Balaban J connectivity index is 3.37. The Bertz CT molecular complexity index is 640. The zero-order valence-corrected chi connectivity index (χ0v) is 19.1. The Morgan fingerprint density at radius 2 is 1.71 bits per heavy atom. The van der Waals surface area contributed by atoms with E-state index in [1.165, 1.54) is 13.8 Å². The predicted octanol–water partition coefficient (Wildman–Crippen LogP) is 0.897. The smallest absolute Gasteiger partial charge is 0.303 e. The number of hydrogen-bond donors (Lipinski definition) is 1. The van der Waals surface area contributed by atoms with Crippen molar-refractivity contribution in [2.75, 3.05) is 19.0 Å². The molecule has 5 atom stereocenters. The van der Waals surface area contributed by atoms with Crippen LogP contribution in [0, 0.1) is 0 Å². The Hall–Kier alpha value is -1.89. The van der Waals surface area contributed by atoms with Gasteiger partial charge < -0.3 is 28.8 Å². The molecule has 1 N–H and O–H groups in total. The van der Waals surface area contributed by atoms with E-state index in [0.29, 0.717) is 5.75 Å². The number of aliphatic hydroxyl groups excluding tert-OH is 1. The molecule has 1 saturated heterocycles. The number of ether oxygens (including phenoxy) is 5. The molecule has 0 amide bonds. The second-order valence-electron chi connectivity index (χ2n) is 6.93. The third-order valence-electron chi connectivity index (χ3n) is 4.05. The van der Waals surface area contributed by atoms with Crippen molar-refractivity contribution in [3.8, 4) is 0 Å². The minimum atomic E-state index is -1.66. The van der Waals surface area contributed by atoms with Crippen LogP contribution in [0.1, 0.15) is 47.5 Å². The summed E-state index contributed by atoms with van der Waals surface area (Å²) in [7, 11) is 0. The molecule has 0 aromatic rings. The molecule has 0 aliphatic carbocycles. The summed E-state index contributed by atoms with van der Waals surface area (Å²) in [5.41, 5.74) is 0. The van der Waals surface area contributed by atoms with Crippen LogP contribution in [0.25, 0.3) is 0 Å². The molecule has 0 bridgehead atoms. The highest BCUT2D eigenvalue weighted by atomic mass is 32.2. The number of aliphatic hydroxyl groups is 1. The Morgan fingerprint density at radius 1 is 1.06 bits per heavy atom. The molecule has 11 nitrogen and oxygen atoms in total. The first-order valence-corrected chi connectivity index (χ1v) is 10.7. The van der Waals surface area contributed by atoms with Gasteiger partial charge in [0.05, 0.1) is 6.61 Å². The van der Waals surface area contributed by atoms with Crippen LogP contribution in [0.5, 0.6) is 0 Å². The number of rotatable bonds is 11. The maximum Gasteiger partial charge on any atom is 0.303 e. The van der Waals surface area contributed by atoms with Gasteiger partial charge in [0.25, 0.3) is 0 Å². The van der Waals surface area contributed by atoms with E-state index >= 15 is 0 Å². The van der Waals surface area contributed by atoms with Gasteiger partial charge in [-0.05, 0) is 18.5 Å². The molecule has 178 valence electrons. The lowest BCUT2D eigenvalue weighted by Crippen LogP contribution is -2.63. The normalized spacial score (nSPS) is 26.5. The molecule has 31 heavy (non-hydrogen) atoms. The lowest BCUT2D eigenvalue weighted by Gasteiger charge is -2.47. The number of esters is 4. The monoisotopic (exact) mass is 466 g/mol. The second kappa shape index (κ2) is 12.8. The second-order valence-corrected chi connectivity index (χ2v) is 7.74. The van der Waals surface area contributed by atoms with Crippen LogP contribution in [-0.2, 0) is 47.0 Å². The highest BCUT2D eigenvalue weighted by Gasteiger charge is 2.55. The van der Waals surface area contributed by atoms with Crippen molar-refractivity contribution in [2.45, 2.75) is 77.7 Å². The van der Waals surface area contributed by atoms with Crippen LogP contribution < -0.4 is 0 Å². The number of carbonyl (C=O) groups is 4. The van der Waals surface area contributed by atoms with Crippen LogP contribution in [0.4, 0.5) is 0 Å². The summed E-state index contributed by atoms with van der Waals surface area (Å²) >= 11 is 1.04. The van der Waals surface area contributed by atoms with E-state index in [1.54, 1.807) is 0 Å². The summed E-state index contributed by atoms with van der Waals surface area (Å²) in [5.74, 6) is -3.80. The van der Waals surface area contributed by atoms with Crippen molar-refractivity contribution >= 4 is 35.9 Å². The molecule has 1 aliphatic rings. The van der Waals surface area contributed by atoms with E-state index in [0.717, 1.165) is 32.3 Å². The van der Waals surface area contributed by atoms with Crippen molar-refractivity contribution < 1.29 is 52.2 Å². The van der Waals surface area contributed by atoms with Gasteiger partial charge in [-0.2, -0.15) is 0 Å². The summed E-state index contributed by atoms with van der Waals surface area (Å²) in [4.78, 5) is 46.4. The molecule has 0 saturated carbocycles. The lowest BCUT2D eigenvalue weighted by molar-refractivity contribution is -0.314. The third-order valence-corrected chi connectivity index (χ3v) is 5.04. The molecule has 0 aromatic heterocycles. The van der Waals surface area contributed by atoms with Gasteiger partial charge in [0.15, 0.2) is 12.2 Å². The van der Waals surface area contributed by atoms with Gasteiger partial charge in [-0.25, -0.2) is 0 Å². The van der Waals surface area contributed by atoms with Crippen LogP contribution in [0.3, 0.4) is 0 Å². The highest BCUT2D eigenvalue weighted by molar-refractivity contribution is 7.94. The third kappa shape index (κ3) is 9.01. The van der Waals surface area contributed by atoms with E-state index in [4.69, 9.17) is 27.9 Å². The van der Waals surface area contributed by atoms with E-state index in [2.05, 4.69) is 0 Å². The molecule has 0 aromatic carbocycles. The number of hydrogen-bond acceptors (Lipinski definition) is 12. The van der Waals surface area contributed by atoms with E-state index in [-0.39, 0.29) is 6.42 Å². The Kier molecular flexibility index (Phi) is 11.2. The van der Waals surface area contributed by atoms with E-state index in [1.807, 2.05) is 6.92 Å². The molecule has 1 heterocycles. The molecular formula is C19H30O11S. The van der Waals surface area contributed by atoms with E-state index in [9.17, 15) is 24.3 Å². The van der Waals surface area contributed by atoms with Gasteiger partial charge in [-0.1, -0.05) is 6.92 Å². The van der Waals surface area contributed by atoms with Crippen molar-refractivity contribution in [3.05, 3.63) is 0 Å². The average molecular weight is 467 g/mol. The summed E-state index contributed by atoms with van der Waals surface area (Å²) in [5, 5.41) is 10.1. The summed E-state index contributed by atoms with van der Waals surface area (Å²) in [6.07, 6.45) is -4.21.